The number of amides is 1. The number of anilines is 1. The second-order valence-corrected chi connectivity index (χ2v) is 7.11. The Morgan fingerprint density at radius 2 is 1.80 bits per heavy atom. The van der Waals surface area contributed by atoms with E-state index >= 15 is 0 Å². The molecule has 3 rings (SSSR count). The predicted molar refractivity (Wildman–Crippen MR) is 111 cm³/mol. The second kappa shape index (κ2) is 9.87. The van der Waals surface area contributed by atoms with Gasteiger partial charge >= 0.3 is 5.97 Å². The quantitative estimate of drug-likeness (QED) is 0.385. The molecule has 0 aromatic heterocycles. The minimum atomic E-state index is -0.847. The van der Waals surface area contributed by atoms with Crippen molar-refractivity contribution in [3.8, 4) is 5.75 Å². The first-order valence-electron chi connectivity index (χ1n) is 9.88. The predicted octanol–water partition coefficient (Wildman–Crippen LogP) is 4.13. The SMILES string of the molecule is COc1ccc([N+](=O)[O-])cc1C(=O)OCC(=O)N(c1ccccc1)C1CCCCC1. The summed E-state index contributed by atoms with van der Waals surface area (Å²) in [6.07, 6.45) is 5.04. The monoisotopic (exact) mass is 412 g/mol. The highest BCUT2D eigenvalue weighted by Gasteiger charge is 2.28. The summed E-state index contributed by atoms with van der Waals surface area (Å²) in [5.41, 5.74) is 0.406. The average Bonchev–Trinajstić information content (AvgIpc) is 2.78. The molecule has 0 unspecified atom stereocenters. The van der Waals surface area contributed by atoms with Gasteiger partial charge in [-0.15, -0.1) is 0 Å². The van der Waals surface area contributed by atoms with Crippen LogP contribution in [0.15, 0.2) is 48.5 Å². The molecule has 8 heteroatoms. The van der Waals surface area contributed by atoms with Crippen molar-refractivity contribution in [2.45, 2.75) is 38.1 Å². The number of carbonyl (C=O) groups excluding carboxylic acids is 2. The maximum atomic E-state index is 13.0. The van der Waals surface area contributed by atoms with Crippen molar-refractivity contribution >= 4 is 23.3 Å². The lowest BCUT2D eigenvalue weighted by Crippen LogP contribution is -2.43. The van der Waals surface area contributed by atoms with E-state index in [0.29, 0.717) is 0 Å². The molecule has 0 saturated heterocycles. The van der Waals surface area contributed by atoms with E-state index in [4.69, 9.17) is 9.47 Å². The van der Waals surface area contributed by atoms with E-state index in [-0.39, 0.29) is 28.9 Å². The molecule has 0 atom stereocenters. The van der Waals surface area contributed by atoms with Crippen LogP contribution in [0.5, 0.6) is 5.75 Å². The van der Waals surface area contributed by atoms with Crippen LogP contribution in [0.4, 0.5) is 11.4 Å². The number of para-hydroxylation sites is 1. The van der Waals surface area contributed by atoms with Crippen LogP contribution in [-0.2, 0) is 9.53 Å². The number of esters is 1. The maximum absolute atomic E-state index is 13.0. The zero-order chi connectivity index (χ0) is 21.5. The molecule has 0 bridgehead atoms. The normalized spacial score (nSPS) is 14.0. The molecule has 1 aliphatic rings. The van der Waals surface area contributed by atoms with Crippen LogP contribution in [0.3, 0.4) is 0 Å². The highest BCUT2D eigenvalue weighted by molar-refractivity contribution is 5.98. The average molecular weight is 412 g/mol. The first-order valence-corrected chi connectivity index (χ1v) is 9.88. The number of nitrogens with zero attached hydrogens (tertiary/aromatic N) is 2. The maximum Gasteiger partial charge on any atom is 0.342 e. The summed E-state index contributed by atoms with van der Waals surface area (Å²) in [4.78, 5) is 37.7. The molecular formula is C22H24N2O6. The van der Waals surface area contributed by atoms with Crippen LogP contribution in [0.25, 0.3) is 0 Å². The molecule has 1 fully saturated rings. The summed E-state index contributed by atoms with van der Waals surface area (Å²) in [6.45, 7) is -0.462. The van der Waals surface area contributed by atoms with Crippen molar-refractivity contribution in [3.63, 3.8) is 0 Å². The fourth-order valence-electron chi connectivity index (χ4n) is 3.73. The number of nitro benzene ring substituents is 1. The lowest BCUT2D eigenvalue weighted by atomic mass is 9.93. The van der Waals surface area contributed by atoms with Crippen LogP contribution in [0.1, 0.15) is 42.5 Å². The molecule has 0 N–H and O–H groups in total. The number of ether oxygens (including phenoxy) is 2. The molecule has 2 aromatic carbocycles. The Morgan fingerprint density at radius 3 is 2.43 bits per heavy atom. The smallest absolute Gasteiger partial charge is 0.342 e. The molecule has 1 saturated carbocycles. The van der Waals surface area contributed by atoms with Gasteiger partial charge in [0.1, 0.15) is 11.3 Å². The molecular weight excluding hydrogens is 388 g/mol. The van der Waals surface area contributed by atoms with Crippen molar-refractivity contribution in [2.24, 2.45) is 0 Å². The van der Waals surface area contributed by atoms with Crippen LogP contribution in [0.2, 0.25) is 0 Å². The Morgan fingerprint density at radius 1 is 1.10 bits per heavy atom. The highest BCUT2D eigenvalue weighted by Crippen LogP contribution is 2.28. The van der Waals surface area contributed by atoms with Crippen molar-refractivity contribution < 1.29 is 24.0 Å². The van der Waals surface area contributed by atoms with Crippen molar-refractivity contribution in [1.82, 2.24) is 0 Å². The number of hydrogen-bond donors (Lipinski definition) is 0. The third kappa shape index (κ3) is 4.94. The van der Waals surface area contributed by atoms with Crippen LogP contribution in [0, 0.1) is 10.1 Å². The third-order valence-electron chi connectivity index (χ3n) is 5.18. The molecule has 0 radical (unpaired) electrons. The highest BCUT2D eigenvalue weighted by atomic mass is 16.6. The first-order chi connectivity index (χ1) is 14.5. The molecule has 1 aliphatic carbocycles. The van der Waals surface area contributed by atoms with Gasteiger partial charge in [0.25, 0.3) is 11.6 Å². The Balaban J connectivity index is 1.76. The van der Waals surface area contributed by atoms with E-state index in [1.54, 1.807) is 4.90 Å². The number of non-ortho nitro benzene ring substituents is 1. The standard InChI is InChI=1S/C22H24N2O6/c1-29-20-13-12-18(24(27)28)14-19(20)22(26)30-15-21(25)23(16-8-4-2-5-9-16)17-10-6-3-7-11-17/h2,4-5,8-9,12-14,17H,3,6-7,10-11,15H2,1H3. The summed E-state index contributed by atoms with van der Waals surface area (Å²) in [5.74, 6) is -1.03. The molecule has 0 aliphatic heterocycles. The zero-order valence-corrected chi connectivity index (χ0v) is 16.8. The molecule has 2 aromatic rings. The number of benzene rings is 2. The van der Waals surface area contributed by atoms with Gasteiger partial charge in [-0.25, -0.2) is 4.79 Å². The summed E-state index contributed by atoms with van der Waals surface area (Å²) in [6, 6.07) is 13.0. The topological polar surface area (TPSA) is 99.0 Å². The van der Waals surface area contributed by atoms with Gasteiger partial charge in [-0.05, 0) is 31.0 Å². The van der Waals surface area contributed by atoms with Gasteiger partial charge in [-0.1, -0.05) is 37.5 Å². The molecule has 158 valence electrons. The van der Waals surface area contributed by atoms with Gasteiger partial charge in [-0.2, -0.15) is 0 Å². The Bertz CT molecular complexity index is 909. The summed E-state index contributed by atoms with van der Waals surface area (Å²) in [7, 11) is 1.35. The molecule has 0 heterocycles. The number of methoxy groups -OCH3 is 1. The number of nitro groups is 1. The van der Waals surface area contributed by atoms with Crippen molar-refractivity contribution in [3.05, 3.63) is 64.2 Å². The van der Waals surface area contributed by atoms with E-state index in [9.17, 15) is 19.7 Å². The molecule has 30 heavy (non-hydrogen) atoms. The van der Waals surface area contributed by atoms with Gasteiger partial charge in [0.2, 0.25) is 0 Å². The van der Waals surface area contributed by atoms with Crippen LogP contribution < -0.4 is 9.64 Å². The lowest BCUT2D eigenvalue weighted by Gasteiger charge is -2.34. The van der Waals surface area contributed by atoms with Crippen LogP contribution >= 0.6 is 0 Å². The lowest BCUT2D eigenvalue weighted by molar-refractivity contribution is -0.384. The van der Waals surface area contributed by atoms with E-state index < -0.39 is 17.5 Å². The van der Waals surface area contributed by atoms with Crippen LogP contribution in [-0.4, -0.2) is 36.6 Å². The molecule has 1 amide bonds. The molecule has 0 spiro atoms. The summed E-state index contributed by atoms with van der Waals surface area (Å²) in [5, 5.41) is 11.0. The fraction of sp³-hybridized carbons (Fsp3) is 0.364. The van der Waals surface area contributed by atoms with Gasteiger partial charge in [-0.3, -0.25) is 14.9 Å². The zero-order valence-electron chi connectivity index (χ0n) is 16.8. The number of carbonyl (C=O) groups is 2. The van der Waals surface area contributed by atoms with E-state index in [1.165, 1.54) is 19.2 Å². The third-order valence-corrected chi connectivity index (χ3v) is 5.18. The summed E-state index contributed by atoms with van der Waals surface area (Å²) < 4.78 is 10.3. The fourth-order valence-corrected chi connectivity index (χ4v) is 3.73. The van der Waals surface area contributed by atoms with E-state index in [1.807, 2.05) is 30.3 Å². The van der Waals surface area contributed by atoms with Crippen molar-refractivity contribution in [2.75, 3.05) is 18.6 Å². The van der Waals surface area contributed by atoms with E-state index in [2.05, 4.69) is 0 Å². The van der Waals surface area contributed by atoms with E-state index in [0.717, 1.165) is 43.9 Å². The van der Waals surface area contributed by atoms with Gasteiger partial charge < -0.3 is 14.4 Å². The first kappa shape index (κ1) is 21.3. The Labute approximate surface area is 174 Å². The number of hydrogen-bond acceptors (Lipinski definition) is 6. The van der Waals surface area contributed by atoms with Gasteiger partial charge in [0, 0.05) is 23.9 Å². The molecule has 8 nitrogen and oxygen atoms in total. The minimum absolute atomic E-state index is 0.0553. The minimum Gasteiger partial charge on any atom is -0.496 e. The van der Waals surface area contributed by atoms with Crippen molar-refractivity contribution in [1.29, 1.82) is 0 Å². The van der Waals surface area contributed by atoms with Gasteiger partial charge in [0.15, 0.2) is 6.61 Å². The largest absolute Gasteiger partial charge is 0.496 e. The summed E-state index contributed by atoms with van der Waals surface area (Å²) >= 11 is 0. The Kier molecular flexibility index (Phi) is 7.00. The Hall–Kier alpha value is -3.42. The second-order valence-electron chi connectivity index (χ2n) is 7.11. The van der Waals surface area contributed by atoms with Gasteiger partial charge in [0.05, 0.1) is 12.0 Å². The number of rotatable bonds is 7.